The molecule has 1 saturated heterocycles. The molecule has 3 heteroatoms. The van der Waals surface area contributed by atoms with Crippen LogP contribution in [-0.4, -0.2) is 18.0 Å². The summed E-state index contributed by atoms with van der Waals surface area (Å²) in [5, 5.41) is 6.35. The fourth-order valence-corrected chi connectivity index (χ4v) is 2.34. The molecule has 1 amide bonds. The molecule has 0 aromatic heterocycles. The summed E-state index contributed by atoms with van der Waals surface area (Å²) in [4.78, 5) is 12.3. The number of rotatable bonds is 2. The fraction of sp³-hybridized carbons (Fsp3) is 0.533. The van der Waals surface area contributed by atoms with Gasteiger partial charge in [-0.1, -0.05) is 6.07 Å². The van der Waals surface area contributed by atoms with Crippen molar-refractivity contribution in [2.75, 3.05) is 11.9 Å². The average Bonchev–Trinajstić information content (AvgIpc) is 2.35. The highest BCUT2D eigenvalue weighted by Crippen LogP contribution is 2.21. The molecule has 1 atom stereocenters. The first-order valence-corrected chi connectivity index (χ1v) is 6.65. The molecule has 1 heterocycles. The lowest BCUT2D eigenvalue weighted by atomic mass is 9.90. The average molecular weight is 246 g/mol. The Hall–Kier alpha value is -1.35. The lowest BCUT2D eigenvalue weighted by Gasteiger charge is -2.33. The van der Waals surface area contributed by atoms with Gasteiger partial charge in [0, 0.05) is 5.69 Å². The second kappa shape index (κ2) is 5.11. The highest BCUT2D eigenvalue weighted by molar-refractivity contribution is 5.98. The quantitative estimate of drug-likeness (QED) is 0.842. The Morgan fingerprint density at radius 1 is 1.28 bits per heavy atom. The van der Waals surface area contributed by atoms with Crippen LogP contribution >= 0.6 is 0 Å². The Morgan fingerprint density at radius 2 is 2.06 bits per heavy atom. The maximum absolute atomic E-state index is 12.3. The summed E-state index contributed by atoms with van der Waals surface area (Å²) in [6.07, 6.45) is 3.18. The van der Waals surface area contributed by atoms with Crippen LogP contribution in [0.2, 0.25) is 0 Å². The van der Waals surface area contributed by atoms with Gasteiger partial charge < -0.3 is 10.6 Å². The van der Waals surface area contributed by atoms with Gasteiger partial charge in [-0.3, -0.25) is 4.79 Å². The molecule has 2 N–H and O–H groups in total. The largest absolute Gasteiger partial charge is 0.324 e. The number of aryl methyl sites for hydroxylation is 2. The lowest BCUT2D eigenvalue weighted by molar-refractivity contribution is -0.122. The Bertz CT molecular complexity index is 448. The molecule has 1 aromatic carbocycles. The van der Waals surface area contributed by atoms with Crippen LogP contribution in [0.25, 0.3) is 0 Å². The molecule has 0 radical (unpaired) electrons. The minimum absolute atomic E-state index is 0.0745. The molecule has 1 aliphatic heterocycles. The van der Waals surface area contributed by atoms with E-state index in [1.54, 1.807) is 0 Å². The van der Waals surface area contributed by atoms with Crippen LogP contribution in [0.4, 0.5) is 5.69 Å². The number of piperidine rings is 1. The third-order valence-corrected chi connectivity index (χ3v) is 3.88. The SMILES string of the molecule is Cc1ccc(NC(=O)C2(C)CCCCN2)cc1C. The van der Waals surface area contributed by atoms with Gasteiger partial charge in [-0.2, -0.15) is 0 Å². The highest BCUT2D eigenvalue weighted by atomic mass is 16.2. The number of hydrogen-bond acceptors (Lipinski definition) is 2. The first kappa shape index (κ1) is 13.1. The molecular weight excluding hydrogens is 224 g/mol. The molecule has 0 aliphatic carbocycles. The minimum Gasteiger partial charge on any atom is -0.324 e. The number of carbonyl (C=O) groups is 1. The highest BCUT2D eigenvalue weighted by Gasteiger charge is 2.34. The van der Waals surface area contributed by atoms with Crippen LogP contribution in [0.3, 0.4) is 0 Å². The number of hydrogen-bond donors (Lipinski definition) is 2. The van der Waals surface area contributed by atoms with Crippen LogP contribution in [0.15, 0.2) is 18.2 Å². The van der Waals surface area contributed by atoms with Gasteiger partial charge in [0.15, 0.2) is 0 Å². The van der Waals surface area contributed by atoms with Crippen LogP contribution in [0, 0.1) is 13.8 Å². The second-order valence-corrected chi connectivity index (χ2v) is 5.47. The molecule has 1 aromatic rings. The third-order valence-electron chi connectivity index (χ3n) is 3.88. The third kappa shape index (κ3) is 2.72. The Balaban J connectivity index is 2.08. The predicted molar refractivity (Wildman–Crippen MR) is 74.8 cm³/mol. The Labute approximate surface area is 109 Å². The molecule has 1 unspecified atom stereocenters. The van der Waals surface area contributed by atoms with E-state index in [4.69, 9.17) is 0 Å². The molecule has 18 heavy (non-hydrogen) atoms. The molecule has 98 valence electrons. The molecule has 0 spiro atoms. The summed E-state index contributed by atoms with van der Waals surface area (Å²) in [5.74, 6) is 0.0745. The molecule has 3 nitrogen and oxygen atoms in total. The maximum atomic E-state index is 12.3. The van der Waals surface area contributed by atoms with E-state index in [1.165, 1.54) is 11.1 Å². The molecule has 1 aliphatic rings. The van der Waals surface area contributed by atoms with E-state index in [0.29, 0.717) is 0 Å². The second-order valence-electron chi connectivity index (χ2n) is 5.47. The van der Waals surface area contributed by atoms with E-state index in [2.05, 4.69) is 24.5 Å². The van der Waals surface area contributed by atoms with Gasteiger partial charge in [-0.05, 0) is 69.8 Å². The Kier molecular flexibility index (Phi) is 3.71. The van der Waals surface area contributed by atoms with Gasteiger partial charge in [0.2, 0.25) is 5.91 Å². The number of amides is 1. The number of nitrogens with one attached hydrogen (secondary N) is 2. The zero-order valence-electron chi connectivity index (χ0n) is 11.5. The van der Waals surface area contributed by atoms with E-state index in [0.717, 1.165) is 31.5 Å². The van der Waals surface area contributed by atoms with Crippen LogP contribution in [-0.2, 0) is 4.79 Å². The van der Waals surface area contributed by atoms with Crippen LogP contribution in [0.1, 0.15) is 37.3 Å². The predicted octanol–water partition coefficient (Wildman–Crippen LogP) is 2.77. The topological polar surface area (TPSA) is 41.1 Å². The first-order valence-electron chi connectivity index (χ1n) is 6.65. The van der Waals surface area contributed by atoms with Crippen molar-refractivity contribution in [2.45, 2.75) is 45.6 Å². The van der Waals surface area contributed by atoms with E-state index >= 15 is 0 Å². The summed E-state index contributed by atoms with van der Waals surface area (Å²) in [7, 11) is 0. The van der Waals surface area contributed by atoms with Crippen molar-refractivity contribution >= 4 is 11.6 Å². The summed E-state index contributed by atoms with van der Waals surface area (Å²) < 4.78 is 0. The van der Waals surface area contributed by atoms with E-state index in [1.807, 2.05) is 25.1 Å². The summed E-state index contributed by atoms with van der Waals surface area (Å²) in [6.45, 7) is 7.05. The van der Waals surface area contributed by atoms with Gasteiger partial charge in [0.25, 0.3) is 0 Å². The van der Waals surface area contributed by atoms with Crippen molar-refractivity contribution < 1.29 is 4.79 Å². The summed E-state index contributed by atoms with van der Waals surface area (Å²) >= 11 is 0. The number of carbonyl (C=O) groups excluding carboxylic acids is 1. The standard InChI is InChI=1S/C15H22N2O/c1-11-6-7-13(10-12(11)2)17-14(18)15(3)8-4-5-9-16-15/h6-7,10,16H,4-5,8-9H2,1-3H3,(H,17,18). The van der Waals surface area contributed by atoms with Crippen molar-refractivity contribution in [3.63, 3.8) is 0 Å². The van der Waals surface area contributed by atoms with Crippen LogP contribution < -0.4 is 10.6 Å². The smallest absolute Gasteiger partial charge is 0.244 e. The zero-order valence-corrected chi connectivity index (χ0v) is 11.5. The van der Waals surface area contributed by atoms with Gasteiger partial charge in [0.05, 0.1) is 5.54 Å². The van der Waals surface area contributed by atoms with E-state index in [-0.39, 0.29) is 5.91 Å². The van der Waals surface area contributed by atoms with Crippen molar-refractivity contribution in [3.05, 3.63) is 29.3 Å². The van der Waals surface area contributed by atoms with Gasteiger partial charge in [-0.25, -0.2) is 0 Å². The van der Waals surface area contributed by atoms with E-state index in [9.17, 15) is 4.79 Å². The monoisotopic (exact) mass is 246 g/mol. The number of anilines is 1. The summed E-state index contributed by atoms with van der Waals surface area (Å²) in [5.41, 5.74) is 2.91. The Morgan fingerprint density at radius 3 is 2.67 bits per heavy atom. The zero-order chi connectivity index (χ0) is 13.2. The fourth-order valence-electron chi connectivity index (χ4n) is 2.34. The maximum Gasteiger partial charge on any atom is 0.244 e. The van der Waals surface area contributed by atoms with Crippen molar-refractivity contribution in [2.24, 2.45) is 0 Å². The van der Waals surface area contributed by atoms with Gasteiger partial charge in [0.1, 0.15) is 0 Å². The first-order chi connectivity index (χ1) is 8.51. The van der Waals surface area contributed by atoms with Crippen molar-refractivity contribution in [1.82, 2.24) is 5.32 Å². The summed E-state index contributed by atoms with van der Waals surface area (Å²) in [6, 6.07) is 6.04. The molecule has 1 fully saturated rings. The van der Waals surface area contributed by atoms with Gasteiger partial charge in [-0.15, -0.1) is 0 Å². The van der Waals surface area contributed by atoms with Crippen LogP contribution in [0.5, 0.6) is 0 Å². The molecule has 2 rings (SSSR count). The number of benzene rings is 1. The normalized spacial score (nSPS) is 23.7. The van der Waals surface area contributed by atoms with E-state index < -0.39 is 5.54 Å². The lowest BCUT2D eigenvalue weighted by Crippen LogP contribution is -2.54. The minimum atomic E-state index is -0.420. The van der Waals surface area contributed by atoms with Gasteiger partial charge >= 0.3 is 0 Å². The molecular formula is C15H22N2O. The van der Waals surface area contributed by atoms with Crippen molar-refractivity contribution in [1.29, 1.82) is 0 Å². The molecule has 0 bridgehead atoms. The molecule has 0 saturated carbocycles. The van der Waals surface area contributed by atoms with Crippen molar-refractivity contribution in [3.8, 4) is 0 Å².